The number of allylic oxidation sites excluding steroid dienone is 2. The zero-order chi connectivity index (χ0) is 13.1. The zero-order valence-corrected chi connectivity index (χ0v) is 11.6. The molecule has 0 bridgehead atoms. The molecule has 1 fully saturated rings. The summed E-state index contributed by atoms with van der Waals surface area (Å²) in [7, 11) is 0. The number of hydrogen-bond donors (Lipinski definition) is 0. The third-order valence-corrected chi connectivity index (χ3v) is 3.92. The molecule has 2 aromatic heterocycles. The van der Waals surface area contributed by atoms with Crippen LogP contribution in [0.1, 0.15) is 30.7 Å². The molecule has 19 heavy (non-hydrogen) atoms. The highest BCUT2D eigenvalue weighted by molar-refractivity contribution is 7.03. The number of rotatable bonds is 2. The molecule has 0 unspecified atom stereocenters. The Bertz CT molecular complexity index is 575. The van der Waals surface area contributed by atoms with E-state index in [1.54, 1.807) is 0 Å². The molecule has 7 heteroatoms. The molecule has 0 amide bonds. The Morgan fingerprint density at radius 1 is 0.947 bits per heavy atom. The van der Waals surface area contributed by atoms with Gasteiger partial charge in [-0.3, -0.25) is 4.79 Å². The van der Waals surface area contributed by atoms with Gasteiger partial charge in [0.15, 0.2) is 5.78 Å². The predicted octanol–water partition coefficient (Wildman–Crippen LogP) is 2.61. The summed E-state index contributed by atoms with van der Waals surface area (Å²) in [5, 5.41) is 11.6. The normalized spacial score (nSPS) is 20.3. The molecule has 0 radical (unpaired) electrons. The second kappa shape index (κ2) is 5.50. The second-order valence-electron chi connectivity index (χ2n) is 4.18. The first kappa shape index (κ1) is 12.3. The van der Waals surface area contributed by atoms with E-state index < -0.39 is 0 Å². The molecule has 0 aromatic carbocycles. The lowest BCUT2D eigenvalue weighted by atomic mass is 9.88. The smallest absolute Gasteiger partial charge is 0.185 e. The fraction of sp³-hybridized carbons (Fsp3) is 0.250. The highest BCUT2D eigenvalue weighted by Crippen LogP contribution is 2.27. The van der Waals surface area contributed by atoms with Crippen molar-refractivity contribution in [2.45, 2.75) is 19.3 Å². The van der Waals surface area contributed by atoms with Gasteiger partial charge >= 0.3 is 0 Å². The quantitative estimate of drug-likeness (QED) is 0.795. The topological polar surface area (TPSA) is 68.6 Å². The third kappa shape index (κ3) is 2.82. The van der Waals surface area contributed by atoms with Crippen molar-refractivity contribution >= 4 is 41.0 Å². The van der Waals surface area contributed by atoms with Crippen molar-refractivity contribution < 1.29 is 4.79 Å². The Morgan fingerprint density at radius 2 is 1.47 bits per heavy atom. The average Bonchev–Trinajstić information content (AvgIpc) is 3.07. The number of Topliss-reactive ketones (excluding diaryl/α,β-unsaturated/α-hetero) is 1. The summed E-state index contributed by atoms with van der Waals surface area (Å²) in [6, 6.07) is 0. The van der Waals surface area contributed by atoms with Crippen molar-refractivity contribution in [3.63, 3.8) is 0 Å². The number of nitrogens with zero attached hydrogens (tertiary/aromatic N) is 4. The van der Waals surface area contributed by atoms with E-state index >= 15 is 0 Å². The predicted molar refractivity (Wildman–Crippen MR) is 74.6 cm³/mol. The number of carbonyl (C=O) groups is 1. The van der Waals surface area contributed by atoms with Crippen LogP contribution in [0.25, 0.3) is 12.2 Å². The number of ketones is 1. The lowest BCUT2D eigenvalue weighted by molar-refractivity contribution is -0.112. The lowest BCUT2D eigenvalue weighted by Gasteiger charge is -2.15. The Kier molecular flexibility index (Phi) is 3.56. The Hall–Kier alpha value is -1.73. The van der Waals surface area contributed by atoms with E-state index in [0.717, 1.165) is 41.8 Å². The van der Waals surface area contributed by atoms with Crippen LogP contribution in [-0.4, -0.2) is 25.0 Å². The molecule has 0 saturated heterocycles. The molecular formula is C12H10N4OS2. The van der Waals surface area contributed by atoms with Gasteiger partial charge in [0, 0.05) is 21.9 Å². The van der Waals surface area contributed by atoms with Gasteiger partial charge in [-0.15, -0.1) is 10.2 Å². The van der Waals surface area contributed by atoms with Gasteiger partial charge in [-0.2, -0.15) is 0 Å². The summed E-state index contributed by atoms with van der Waals surface area (Å²) in [6.45, 7) is 0. The van der Waals surface area contributed by atoms with Crippen molar-refractivity contribution in [3.8, 4) is 0 Å². The third-order valence-electron chi connectivity index (χ3n) is 2.87. The molecule has 1 saturated carbocycles. The van der Waals surface area contributed by atoms with Crippen LogP contribution < -0.4 is 0 Å². The molecule has 2 heterocycles. The van der Waals surface area contributed by atoms with E-state index in [1.165, 1.54) is 23.1 Å². The monoisotopic (exact) mass is 290 g/mol. The van der Waals surface area contributed by atoms with Gasteiger partial charge in [0.2, 0.25) is 0 Å². The van der Waals surface area contributed by atoms with Gasteiger partial charge in [-0.25, -0.2) is 0 Å². The number of aromatic nitrogens is 4. The van der Waals surface area contributed by atoms with Gasteiger partial charge in [-0.05, 0) is 54.5 Å². The van der Waals surface area contributed by atoms with Crippen LogP contribution in [0.3, 0.4) is 0 Å². The largest absolute Gasteiger partial charge is 0.289 e. The van der Waals surface area contributed by atoms with Gasteiger partial charge in [-0.1, -0.05) is 8.98 Å². The second-order valence-corrected chi connectivity index (χ2v) is 5.40. The van der Waals surface area contributed by atoms with E-state index in [4.69, 9.17) is 0 Å². The fourth-order valence-electron chi connectivity index (χ4n) is 2.00. The van der Waals surface area contributed by atoms with E-state index in [2.05, 4.69) is 19.2 Å². The summed E-state index contributed by atoms with van der Waals surface area (Å²) >= 11 is 2.57. The van der Waals surface area contributed by atoms with Crippen molar-refractivity contribution in [2.75, 3.05) is 0 Å². The maximum absolute atomic E-state index is 12.4. The van der Waals surface area contributed by atoms with Crippen molar-refractivity contribution in [3.05, 3.63) is 33.3 Å². The van der Waals surface area contributed by atoms with Crippen LogP contribution in [0.15, 0.2) is 21.9 Å². The lowest BCUT2D eigenvalue weighted by Crippen LogP contribution is -2.12. The summed E-state index contributed by atoms with van der Waals surface area (Å²) in [4.78, 5) is 12.4. The minimum absolute atomic E-state index is 0.0900. The van der Waals surface area contributed by atoms with Crippen LogP contribution in [-0.2, 0) is 4.79 Å². The minimum atomic E-state index is 0.0900. The first-order valence-electron chi connectivity index (χ1n) is 5.83. The van der Waals surface area contributed by atoms with Crippen LogP contribution >= 0.6 is 23.1 Å². The van der Waals surface area contributed by atoms with E-state index in [0.29, 0.717) is 0 Å². The van der Waals surface area contributed by atoms with Crippen LogP contribution in [0.5, 0.6) is 0 Å². The van der Waals surface area contributed by atoms with E-state index in [-0.39, 0.29) is 5.78 Å². The summed E-state index contributed by atoms with van der Waals surface area (Å²) in [6.07, 6.45) is 6.22. The van der Waals surface area contributed by atoms with Crippen molar-refractivity contribution in [1.82, 2.24) is 19.2 Å². The fourth-order valence-corrected chi connectivity index (χ4v) is 2.83. The molecule has 0 N–H and O–H groups in total. The molecular weight excluding hydrogens is 280 g/mol. The van der Waals surface area contributed by atoms with E-state index in [9.17, 15) is 4.79 Å². The molecule has 5 nitrogen and oxygen atoms in total. The average molecular weight is 290 g/mol. The Balaban J connectivity index is 1.87. The van der Waals surface area contributed by atoms with E-state index in [1.807, 2.05) is 22.9 Å². The molecule has 1 aliphatic carbocycles. The summed E-state index contributed by atoms with van der Waals surface area (Å²) in [5.74, 6) is 0.0900. The van der Waals surface area contributed by atoms with Crippen LogP contribution in [0, 0.1) is 0 Å². The highest BCUT2D eigenvalue weighted by atomic mass is 32.1. The molecule has 0 spiro atoms. The standard InChI is InChI=1S/C12H10N4OS2/c17-12-8(4-10-6-18-15-13-10)2-1-3-9(12)5-11-7-19-16-14-11/h4-7H,1-3H2/b8-4+,9-5+. The molecule has 0 atom stereocenters. The maximum atomic E-state index is 12.4. The first-order valence-corrected chi connectivity index (χ1v) is 7.50. The van der Waals surface area contributed by atoms with Gasteiger partial charge < -0.3 is 0 Å². The van der Waals surface area contributed by atoms with Crippen molar-refractivity contribution in [1.29, 1.82) is 0 Å². The van der Waals surface area contributed by atoms with Gasteiger partial charge in [0.1, 0.15) is 0 Å². The SMILES string of the molecule is O=C1/C(=C/c2csnn2)CCC/C1=C\c1csnn1. The Labute approximate surface area is 118 Å². The van der Waals surface area contributed by atoms with Crippen LogP contribution in [0.2, 0.25) is 0 Å². The number of hydrogen-bond acceptors (Lipinski definition) is 7. The molecule has 1 aliphatic rings. The molecule has 96 valence electrons. The van der Waals surface area contributed by atoms with Gasteiger partial charge in [0.05, 0.1) is 11.4 Å². The maximum Gasteiger partial charge on any atom is 0.185 e. The number of carbonyl (C=O) groups excluding carboxylic acids is 1. The zero-order valence-electron chi connectivity index (χ0n) is 9.94. The summed E-state index contributed by atoms with van der Waals surface area (Å²) < 4.78 is 7.59. The first-order chi connectivity index (χ1) is 9.33. The van der Waals surface area contributed by atoms with Crippen LogP contribution in [0.4, 0.5) is 0 Å². The molecule has 2 aromatic rings. The van der Waals surface area contributed by atoms with Gasteiger partial charge in [0.25, 0.3) is 0 Å². The molecule has 3 rings (SSSR count). The molecule has 0 aliphatic heterocycles. The highest BCUT2D eigenvalue weighted by Gasteiger charge is 2.21. The minimum Gasteiger partial charge on any atom is -0.289 e. The summed E-state index contributed by atoms with van der Waals surface area (Å²) in [5.41, 5.74) is 3.11. The van der Waals surface area contributed by atoms with Crippen molar-refractivity contribution in [2.24, 2.45) is 0 Å². The Morgan fingerprint density at radius 3 is 1.89 bits per heavy atom.